The van der Waals surface area contributed by atoms with E-state index in [0.717, 1.165) is 26.2 Å². The van der Waals surface area contributed by atoms with Gasteiger partial charge in [0.2, 0.25) is 0 Å². The van der Waals surface area contributed by atoms with Crippen LogP contribution in [0.15, 0.2) is 18.3 Å². The third-order valence-electron chi connectivity index (χ3n) is 3.49. The van der Waals surface area contributed by atoms with Crippen molar-refractivity contribution < 1.29 is 4.79 Å². The lowest BCUT2D eigenvalue weighted by Gasteiger charge is -2.42. The Labute approximate surface area is 119 Å². The first-order chi connectivity index (χ1) is 8.88. The van der Waals surface area contributed by atoms with Crippen molar-refractivity contribution in [3.63, 3.8) is 0 Å². The molecule has 0 atom stereocenters. The van der Waals surface area contributed by atoms with Crippen LogP contribution in [-0.2, 0) is 0 Å². The monoisotopic (exact) mass is 281 g/mol. The van der Waals surface area contributed by atoms with E-state index in [9.17, 15) is 4.79 Å². The minimum atomic E-state index is 0.0397. The fourth-order valence-corrected chi connectivity index (χ4v) is 2.47. The number of pyridine rings is 1. The third kappa shape index (κ3) is 3.45. The highest BCUT2D eigenvalue weighted by Crippen LogP contribution is 2.17. The topological polar surface area (TPSA) is 36.4 Å². The second-order valence-electron chi connectivity index (χ2n) is 5.82. The summed E-state index contributed by atoms with van der Waals surface area (Å²) in [6.45, 7) is 9.95. The molecule has 0 aromatic carbocycles. The highest BCUT2D eigenvalue weighted by molar-refractivity contribution is 6.29. The molecule has 1 saturated heterocycles. The zero-order valence-corrected chi connectivity index (χ0v) is 12.4. The summed E-state index contributed by atoms with van der Waals surface area (Å²) in [5.74, 6) is 0.0397. The van der Waals surface area contributed by atoms with Crippen molar-refractivity contribution in [2.24, 2.45) is 0 Å². The fourth-order valence-electron chi connectivity index (χ4n) is 2.30. The normalized spacial score (nSPS) is 17.6. The van der Waals surface area contributed by atoms with Crippen molar-refractivity contribution in [2.75, 3.05) is 26.2 Å². The Hall–Kier alpha value is -1.13. The molecule has 19 heavy (non-hydrogen) atoms. The first-order valence-corrected chi connectivity index (χ1v) is 6.91. The first-order valence-electron chi connectivity index (χ1n) is 6.54. The largest absolute Gasteiger partial charge is 0.336 e. The molecule has 104 valence electrons. The van der Waals surface area contributed by atoms with Gasteiger partial charge in [0.05, 0.1) is 0 Å². The molecule has 1 aromatic rings. The molecule has 0 N–H and O–H groups in total. The molecule has 4 nitrogen and oxygen atoms in total. The van der Waals surface area contributed by atoms with Crippen LogP contribution in [0.4, 0.5) is 0 Å². The Morgan fingerprint density at radius 2 is 1.89 bits per heavy atom. The van der Waals surface area contributed by atoms with E-state index in [-0.39, 0.29) is 11.4 Å². The van der Waals surface area contributed by atoms with Crippen LogP contribution in [0, 0.1) is 0 Å². The van der Waals surface area contributed by atoms with Gasteiger partial charge >= 0.3 is 0 Å². The van der Waals surface area contributed by atoms with Gasteiger partial charge in [0.25, 0.3) is 5.91 Å². The standard InChI is InChI=1S/C14H20ClN3O/c1-14(2,3)18-8-6-17(7-9-18)13(19)11-4-5-16-12(15)10-11/h4-5,10H,6-9H2,1-3H3. The lowest BCUT2D eigenvalue weighted by atomic mass is 10.0. The Kier molecular flexibility index (Phi) is 4.11. The van der Waals surface area contributed by atoms with E-state index in [1.165, 1.54) is 0 Å². The van der Waals surface area contributed by atoms with Gasteiger partial charge in [-0.3, -0.25) is 9.69 Å². The fraction of sp³-hybridized carbons (Fsp3) is 0.571. The van der Waals surface area contributed by atoms with Crippen molar-refractivity contribution in [2.45, 2.75) is 26.3 Å². The van der Waals surface area contributed by atoms with Gasteiger partial charge in [0, 0.05) is 43.5 Å². The van der Waals surface area contributed by atoms with Gasteiger partial charge in [-0.25, -0.2) is 4.98 Å². The van der Waals surface area contributed by atoms with E-state index in [1.807, 2.05) is 4.90 Å². The summed E-state index contributed by atoms with van der Waals surface area (Å²) in [6, 6.07) is 3.34. The van der Waals surface area contributed by atoms with Crippen LogP contribution in [-0.4, -0.2) is 52.4 Å². The minimum absolute atomic E-state index is 0.0397. The number of carbonyl (C=O) groups excluding carboxylic acids is 1. The highest BCUT2D eigenvalue weighted by atomic mass is 35.5. The Morgan fingerprint density at radius 3 is 2.42 bits per heavy atom. The molecule has 1 aliphatic heterocycles. The zero-order chi connectivity index (χ0) is 14.0. The smallest absolute Gasteiger partial charge is 0.254 e. The molecule has 0 unspecified atom stereocenters. The summed E-state index contributed by atoms with van der Waals surface area (Å²) in [5.41, 5.74) is 0.777. The van der Waals surface area contributed by atoms with Crippen LogP contribution in [0.1, 0.15) is 31.1 Å². The molecule has 2 heterocycles. The molecule has 0 radical (unpaired) electrons. The second kappa shape index (κ2) is 5.47. The average molecular weight is 282 g/mol. The number of hydrogen-bond acceptors (Lipinski definition) is 3. The summed E-state index contributed by atoms with van der Waals surface area (Å²) < 4.78 is 0. The molecule has 1 aromatic heterocycles. The third-order valence-corrected chi connectivity index (χ3v) is 3.70. The van der Waals surface area contributed by atoms with Gasteiger partial charge in [-0.1, -0.05) is 11.6 Å². The van der Waals surface area contributed by atoms with Crippen molar-refractivity contribution in [1.29, 1.82) is 0 Å². The SMILES string of the molecule is CC(C)(C)N1CCN(C(=O)c2ccnc(Cl)c2)CC1. The summed E-state index contributed by atoms with van der Waals surface area (Å²) in [7, 11) is 0. The van der Waals surface area contributed by atoms with Gasteiger partial charge in [-0.15, -0.1) is 0 Å². The second-order valence-corrected chi connectivity index (χ2v) is 6.20. The molecule has 0 aliphatic carbocycles. The summed E-state index contributed by atoms with van der Waals surface area (Å²) >= 11 is 5.82. The van der Waals surface area contributed by atoms with E-state index in [4.69, 9.17) is 11.6 Å². The van der Waals surface area contributed by atoms with Crippen molar-refractivity contribution in [3.05, 3.63) is 29.0 Å². The van der Waals surface area contributed by atoms with Crippen molar-refractivity contribution >= 4 is 17.5 Å². The predicted octanol–water partition coefficient (Wildman–Crippen LogP) is 2.29. The van der Waals surface area contributed by atoms with Crippen LogP contribution in [0.2, 0.25) is 5.15 Å². The van der Waals surface area contributed by atoms with Crippen LogP contribution in [0.25, 0.3) is 0 Å². The van der Waals surface area contributed by atoms with E-state index >= 15 is 0 Å². The van der Waals surface area contributed by atoms with Crippen molar-refractivity contribution in [1.82, 2.24) is 14.8 Å². The molecule has 0 saturated carbocycles. The van der Waals surface area contributed by atoms with Crippen LogP contribution in [0.5, 0.6) is 0 Å². The summed E-state index contributed by atoms with van der Waals surface area (Å²) in [6.07, 6.45) is 1.57. The molecule has 0 spiro atoms. The van der Waals surface area contributed by atoms with Gasteiger partial charge in [-0.05, 0) is 32.9 Å². The number of piperazine rings is 1. The van der Waals surface area contributed by atoms with Gasteiger partial charge in [0.1, 0.15) is 5.15 Å². The number of hydrogen-bond donors (Lipinski definition) is 0. The summed E-state index contributed by atoms with van der Waals surface area (Å²) in [5, 5.41) is 0.360. The average Bonchev–Trinajstić information content (AvgIpc) is 2.37. The van der Waals surface area contributed by atoms with Crippen molar-refractivity contribution in [3.8, 4) is 0 Å². The lowest BCUT2D eigenvalue weighted by Crippen LogP contribution is -2.54. The molecular formula is C14H20ClN3O. The maximum Gasteiger partial charge on any atom is 0.254 e. The Bertz CT molecular complexity index is 462. The number of halogens is 1. The van der Waals surface area contributed by atoms with E-state index in [2.05, 4.69) is 30.7 Å². The molecule has 5 heteroatoms. The molecule has 1 aliphatic rings. The van der Waals surface area contributed by atoms with Crippen LogP contribution < -0.4 is 0 Å². The van der Waals surface area contributed by atoms with Gasteiger partial charge in [-0.2, -0.15) is 0 Å². The zero-order valence-electron chi connectivity index (χ0n) is 11.7. The van der Waals surface area contributed by atoms with Crippen LogP contribution >= 0.6 is 11.6 Å². The summed E-state index contributed by atoms with van der Waals surface area (Å²) in [4.78, 5) is 20.5. The van der Waals surface area contributed by atoms with E-state index < -0.39 is 0 Å². The molecule has 0 bridgehead atoms. The maximum atomic E-state index is 12.3. The number of carbonyl (C=O) groups is 1. The maximum absolute atomic E-state index is 12.3. The number of aromatic nitrogens is 1. The van der Waals surface area contributed by atoms with E-state index in [1.54, 1.807) is 18.3 Å². The molecular weight excluding hydrogens is 262 g/mol. The Morgan fingerprint density at radius 1 is 1.26 bits per heavy atom. The lowest BCUT2D eigenvalue weighted by molar-refractivity contribution is 0.0451. The number of amides is 1. The van der Waals surface area contributed by atoms with Crippen LogP contribution in [0.3, 0.4) is 0 Å². The Balaban J connectivity index is 2.00. The quantitative estimate of drug-likeness (QED) is 0.741. The molecule has 1 fully saturated rings. The highest BCUT2D eigenvalue weighted by Gasteiger charge is 2.28. The predicted molar refractivity (Wildman–Crippen MR) is 76.5 cm³/mol. The number of nitrogens with zero attached hydrogens (tertiary/aromatic N) is 3. The minimum Gasteiger partial charge on any atom is -0.336 e. The molecule has 2 rings (SSSR count). The first kappa shape index (κ1) is 14.3. The van der Waals surface area contributed by atoms with Gasteiger partial charge in [0.15, 0.2) is 0 Å². The number of rotatable bonds is 1. The molecule has 1 amide bonds. The van der Waals surface area contributed by atoms with Gasteiger partial charge < -0.3 is 4.90 Å². The van der Waals surface area contributed by atoms with E-state index in [0.29, 0.717) is 10.7 Å².